The minimum atomic E-state index is -0.675. The van der Waals surface area contributed by atoms with Crippen molar-refractivity contribution in [1.29, 1.82) is 0 Å². The molecule has 1 atom stereocenters. The topological polar surface area (TPSA) is 87.7 Å². The maximum atomic E-state index is 12.8. The number of aryl methyl sites for hydroxylation is 1. The third-order valence-corrected chi connectivity index (χ3v) is 5.47. The van der Waals surface area contributed by atoms with Gasteiger partial charge in [0, 0.05) is 5.02 Å². The van der Waals surface area contributed by atoms with Crippen LogP contribution in [0, 0.1) is 6.92 Å². The van der Waals surface area contributed by atoms with Crippen LogP contribution in [0.4, 0.5) is 10.5 Å². The van der Waals surface area contributed by atoms with E-state index >= 15 is 0 Å². The van der Waals surface area contributed by atoms with Crippen molar-refractivity contribution in [1.82, 2.24) is 10.2 Å². The van der Waals surface area contributed by atoms with Gasteiger partial charge in [-0.25, -0.2) is 9.59 Å². The smallest absolute Gasteiger partial charge is 0.338 e. The van der Waals surface area contributed by atoms with E-state index in [0.29, 0.717) is 32.6 Å². The van der Waals surface area contributed by atoms with Crippen LogP contribution in [0.2, 0.25) is 10.0 Å². The minimum absolute atomic E-state index is 0.0791. The zero-order valence-electron chi connectivity index (χ0n) is 15.9. The summed E-state index contributed by atoms with van der Waals surface area (Å²) in [5.41, 5.74) is 2.76. The Morgan fingerprint density at radius 2 is 1.93 bits per heavy atom. The maximum Gasteiger partial charge on any atom is 0.338 e. The molecule has 0 bridgehead atoms. The molecule has 2 N–H and O–H groups in total. The number of nitrogens with zero attached hydrogens (tertiary/aromatic N) is 1. The fourth-order valence-electron chi connectivity index (χ4n) is 3.44. The lowest BCUT2D eigenvalue weighted by Crippen LogP contribution is -2.49. The number of nitrogens with one attached hydrogen (secondary N) is 2. The van der Waals surface area contributed by atoms with Crippen LogP contribution in [0.15, 0.2) is 53.7 Å². The monoisotopic (exact) mass is 445 g/mol. The van der Waals surface area contributed by atoms with Gasteiger partial charge in [-0.15, -0.1) is 0 Å². The number of rotatable bonds is 4. The average Bonchev–Trinajstić information content (AvgIpc) is 3.08. The number of amides is 3. The molecule has 0 saturated carbocycles. The first-order valence-electron chi connectivity index (χ1n) is 9.13. The van der Waals surface area contributed by atoms with Crippen LogP contribution in [0.3, 0.4) is 0 Å². The molecule has 4 rings (SSSR count). The first kappa shape index (κ1) is 20.3. The number of hydrogen-bond acceptors (Lipinski definition) is 4. The highest BCUT2D eigenvalue weighted by molar-refractivity contribution is 6.33. The van der Waals surface area contributed by atoms with Gasteiger partial charge in [-0.3, -0.25) is 9.69 Å². The lowest BCUT2D eigenvalue weighted by atomic mass is 9.96. The van der Waals surface area contributed by atoms with Gasteiger partial charge < -0.3 is 15.4 Å². The maximum absolute atomic E-state index is 12.8. The number of anilines is 1. The lowest BCUT2D eigenvalue weighted by molar-refractivity contribution is -0.136. The molecule has 0 radical (unpaired) electrons. The molecule has 0 fully saturated rings. The van der Waals surface area contributed by atoms with Gasteiger partial charge in [-0.05, 0) is 42.3 Å². The van der Waals surface area contributed by atoms with Crippen LogP contribution >= 0.6 is 23.2 Å². The van der Waals surface area contributed by atoms with Gasteiger partial charge in [0.2, 0.25) is 5.91 Å². The summed E-state index contributed by atoms with van der Waals surface area (Å²) >= 11 is 12.1. The van der Waals surface area contributed by atoms with E-state index < -0.39 is 23.9 Å². The fraction of sp³-hybridized carbons (Fsp3) is 0.190. The molecular formula is C21H17Cl2N3O4. The van der Waals surface area contributed by atoms with Crippen molar-refractivity contribution in [3.05, 3.63) is 74.9 Å². The van der Waals surface area contributed by atoms with Crippen LogP contribution in [0.1, 0.15) is 17.2 Å². The second-order valence-electron chi connectivity index (χ2n) is 6.99. The Morgan fingerprint density at radius 3 is 2.63 bits per heavy atom. The average molecular weight is 446 g/mol. The number of esters is 1. The number of benzene rings is 2. The number of cyclic esters (lactones) is 1. The lowest BCUT2D eigenvalue weighted by Gasteiger charge is -2.32. The van der Waals surface area contributed by atoms with E-state index in [1.165, 1.54) is 4.90 Å². The molecule has 0 aromatic heterocycles. The number of carbonyl (C=O) groups is 3. The van der Waals surface area contributed by atoms with Crippen LogP contribution < -0.4 is 10.6 Å². The predicted molar refractivity (Wildman–Crippen MR) is 112 cm³/mol. The Morgan fingerprint density at radius 1 is 1.20 bits per heavy atom. The molecule has 154 valence electrons. The first-order chi connectivity index (χ1) is 14.3. The summed E-state index contributed by atoms with van der Waals surface area (Å²) in [6.07, 6.45) is 0. The standard InChI is InChI=1S/C21H17Cl2N3O4/c1-11-2-7-15(14(23)8-11)24-17(27)9-26-16-10-30-20(28)18(16)19(25-21(26)29)12-3-5-13(22)6-4-12/h2-8,19H,9-10H2,1H3,(H,24,27)(H,25,29). The Labute approximate surface area is 182 Å². The number of urea groups is 1. The van der Waals surface area contributed by atoms with Crippen LogP contribution in [-0.2, 0) is 14.3 Å². The number of ether oxygens (including phenoxy) is 1. The quantitative estimate of drug-likeness (QED) is 0.700. The van der Waals surface area contributed by atoms with E-state index in [1.807, 2.05) is 13.0 Å². The molecule has 30 heavy (non-hydrogen) atoms. The Kier molecular flexibility index (Phi) is 5.40. The van der Waals surface area contributed by atoms with Crippen molar-refractivity contribution in [2.45, 2.75) is 13.0 Å². The summed E-state index contributed by atoms with van der Waals surface area (Å²) in [5, 5.41) is 6.40. The molecule has 1 unspecified atom stereocenters. The molecule has 2 aliphatic heterocycles. The summed E-state index contributed by atoms with van der Waals surface area (Å²) in [4.78, 5) is 38.9. The van der Waals surface area contributed by atoms with Crippen molar-refractivity contribution in [2.75, 3.05) is 18.5 Å². The van der Waals surface area contributed by atoms with Crippen LogP contribution in [-0.4, -0.2) is 36.0 Å². The highest BCUT2D eigenvalue weighted by Crippen LogP contribution is 2.35. The highest BCUT2D eigenvalue weighted by atomic mass is 35.5. The second kappa shape index (κ2) is 8.01. The van der Waals surface area contributed by atoms with E-state index in [9.17, 15) is 14.4 Å². The normalized spacial score (nSPS) is 18.1. The fourth-order valence-corrected chi connectivity index (χ4v) is 3.85. The van der Waals surface area contributed by atoms with Gasteiger partial charge in [-0.2, -0.15) is 0 Å². The van der Waals surface area contributed by atoms with Crippen molar-refractivity contribution >= 4 is 46.8 Å². The summed E-state index contributed by atoms with van der Waals surface area (Å²) in [6.45, 7) is 1.51. The van der Waals surface area contributed by atoms with Crippen molar-refractivity contribution in [3.63, 3.8) is 0 Å². The number of carbonyl (C=O) groups excluding carboxylic acids is 3. The number of hydrogen-bond donors (Lipinski definition) is 2. The third kappa shape index (κ3) is 3.86. The Bertz CT molecular complexity index is 1080. The molecular weight excluding hydrogens is 429 g/mol. The van der Waals surface area contributed by atoms with Gasteiger partial charge in [0.15, 0.2) is 0 Å². The third-order valence-electron chi connectivity index (χ3n) is 4.90. The van der Waals surface area contributed by atoms with Crippen molar-refractivity contribution < 1.29 is 19.1 Å². The van der Waals surface area contributed by atoms with Crippen molar-refractivity contribution in [3.8, 4) is 0 Å². The number of halogens is 2. The molecule has 2 aliphatic rings. The van der Waals surface area contributed by atoms with E-state index in [0.717, 1.165) is 5.56 Å². The van der Waals surface area contributed by atoms with Gasteiger partial charge in [0.1, 0.15) is 13.2 Å². The summed E-state index contributed by atoms with van der Waals surface area (Å²) in [5.74, 6) is -0.982. The first-order valence-corrected chi connectivity index (χ1v) is 9.89. The van der Waals surface area contributed by atoms with E-state index in [4.69, 9.17) is 27.9 Å². The molecule has 9 heteroatoms. The van der Waals surface area contributed by atoms with E-state index in [2.05, 4.69) is 10.6 Å². The molecule has 2 aromatic carbocycles. The molecule has 7 nitrogen and oxygen atoms in total. The Hall–Kier alpha value is -3.03. The predicted octanol–water partition coefficient (Wildman–Crippen LogP) is 3.82. The van der Waals surface area contributed by atoms with Crippen LogP contribution in [0.25, 0.3) is 0 Å². The van der Waals surface area contributed by atoms with Gasteiger partial charge >= 0.3 is 12.0 Å². The van der Waals surface area contributed by atoms with E-state index in [1.54, 1.807) is 36.4 Å². The van der Waals surface area contributed by atoms with Gasteiger partial charge in [0.05, 0.1) is 28.0 Å². The minimum Gasteiger partial charge on any atom is -0.456 e. The SMILES string of the molecule is Cc1ccc(NC(=O)CN2C(=O)NC(c3ccc(Cl)cc3)C3=C2COC3=O)c(Cl)c1. The van der Waals surface area contributed by atoms with E-state index in [-0.39, 0.29) is 13.2 Å². The van der Waals surface area contributed by atoms with Gasteiger partial charge in [0.25, 0.3) is 0 Å². The molecule has 0 spiro atoms. The largest absolute Gasteiger partial charge is 0.456 e. The molecule has 2 heterocycles. The van der Waals surface area contributed by atoms with Gasteiger partial charge in [-0.1, -0.05) is 41.4 Å². The molecule has 0 aliphatic carbocycles. The highest BCUT2D eigenvalue weighted by Gasteiger charge is 2.42. The zero-order chi connectivity index (χ0) is 21.4. The molecule has 2 aromatic rings. The molecule has 0 saturated heterocycles. The zero-order valence-corrected chi connectivity index (χ0v) is 17.4. The Balaban J connectivity index is 1.59. The molecule has 3 amide bonds. The summed E-state index contributed by atoms with van der Waals surface area (Å²) in [7, 11) is 0. The van der Waals surface area contributed by atoms with Crippen molar-refractivity contribution in [2.24, 2.45) is 0 Å². The second-order valence-corrected chi connectivity index (χ2v) is 7.83. The summed E-state index contributed by atoms with van der Waals surface area (Å²) in [6, 6.07) is 10.9. The summed E-state index contributed by atoms with van der Waals surface area (Å²) < 4.78 is 5.16. The van der Waals surface area contributed by atoms with Crippen LogP contribution in [0.5, 0.6) is 0 Å².